The van der Waals surface area contributed by atoms with Gasteiger partial charge in [-0.3, -0.25) is 15.6 Å². The molecule has 3 heterocycles. The largest absolute Gasteiger partial charge is 0.370 e. The molecule has 4 rings (SSSR count). The van der Waals surface area contributed by atoms with Crippen molar-refractivity contribution in [1.29, 1.82) is 10.8 Å². The van der Waals surface area contributed by atoms with E-state index in [1.165, 1.54) is 6.07 Å². The monoisotopic (exact) mass is 480 g/mol. The first kappa shape index (κ1) is 25.5. The van der Waals surface area contributed by atoms with Crippen molar-refractivity contribution in [3.05, 3.63) is 65.3 Å². The second-order valence-corrected chi connectivity index (χ2v) is 8.49. The van der Waals surface area contributed by atoms with Crippen molar-refractivity contribution < 1.29 is 9.18 Å². The van der Waals surface area contributed by atoms with E-state index in [-0.39, 0.29) is 25.3 Å². The molecule has 0 saturated heterocycles. The van der Waals surface area contributed by atoms with Crippen LogP contribution >= 0.6 is 0 Å². The van der Waals surface area contributed by atoms with Crippen LogP contribution in [0.5, 0.6) is 0 Å². The molecule has 2 aromatic rings. The molecule has 186 valence electrons. The molecule has 0 atom stereocenters. The van der Waals surface area contributed by atoms with E-state index in [0.29, 0.717) is 49.5 Å². The standard InChI is InChI=1S/C24H29FN8O.CH4/c1-31-14-17(15-4-8-32(9-5-15)23(26)27)12-21(31)22(34)30-18-2-3-19(20(25)13-18)16-6-10-33(11-7-16)24(28)29;/h2-4,6,12-14H,5,7-11H2,1H3,(H3,26,27)(H3,28,29)(H,30,34);1H4. The zero-order valence-electron chi connectivity index (χ0n) is 19.1. The van der Waals surface area contributed by atoms with Gasteiger partial charge in [-0.15, -0.1) is 0 Å². The number of guanidine groups is 2. The molecular formula is C25H33FN8O. The van der Waals surface area contributed by atoms with Crippen LogP contribution in [-0.4, -0.2) is 58.4 Å². The number of nitrogens with zero attached hydrogens (tertiary/aromatic N) is 3. The zero-order chi connectivity index (χ0) is 24.4. The lowest BCUT2D eigenvalue weighted by Gasteiger charge is -2.26. The van der Waals surface area contributed by atoms with Crippen molar-refractivity contribution in [2.75, 3.05) is 31.5 Å². The first-order chi connectivity index (χ1) is 16.2. The van der Waals surface area contributed by atoms with E-state index >= 15 is 0 Å². The third kappa shape index (κ3) is 5.53. The van der Waals surface area contributed by atoms with E-state index in [9.17, 15) is 9.18 Å². The fourth-order valence-electron chi connectivity index (χ4n) is 4.30. The maximum atomic E-state index is 14.8. The van der Waals surface area contributed by atoms with Crippen molar-refractivity contribution in [2.45, 2.75) is 20.3 Å². The van der Waals surface area contributed by atoms with Crippen molar-refractivity contribution in [3.63, 3.8) is 0 Å². The number of rotatable bonds is 4. The summed E-state index contributed by atoms with van der Waals surface area (Å²) in [6.45, 7) is 2.27. The molecular weight excluding hydrogens is 447 g/mol. The van der Waals surface area contributed by atoms with E-state index in [2.05, 4.69) is 5.32 Å². The van der Waals surface area contributed by atoms with Crippen molar-refractivity contribution in [2.24, 2.45) is 18.5 Å². The number of hydrogen-bond donors (Lipinski definition) is 5. The van der Waals surface area contributed by atoms with E-state index in [1.807, 2.05) is 24.4 Å². The Bertz CT molecular complexity index is 1210. The summed E-state index contributed by atoms with van der Waals surface area (Å²) in [5.74, 6) is -0.665. The van der Waals surface area contributed by atoms with Gasteiger partial charge in [0.2, 0.25) is 0 Å². The van der Waals surface area contributed by atoms with Gasteiger partial charge >= 0.3 is 0 Å². The molecule has 2 aliphatic heterocycles. The van der Waals surface area contributed by atoms with Gasteiger partial charge in [-0.1, -0.05) is 19.6 Å². The molecule has 10 heteroatoms. The summed E-state index contributed by atoms with van der Waals surface area (Å²) in [5, 5.41) is 17.8. The second kappa shape index (κ2) is 10.5. The van der Waals surface area contributed by atoms with Gasteiger partial charge in [-0.2, -0.15) is 0 Å². The average Bonchev–Trinajstić information content (AvgIpc) is 3.21. The van der Waals surface area contributed by atoms with Gasteiger partial charge in [0.15, 0.2) is 11.9 Å². The lowest BCUT2D eigenvalue weighted by Crippen LogP contribution is -2.39. The summed E-state index contributed by atoms with van der Waals surface area (Å²) in [6, 6.07) is 6.51. The molecule has 1 amide bonds. The van der Waals surface area contributed by atoms with Crippen LogP contribution in [0.1, 0.15) is 41.9 Å². The number of anilines is 1. The number of hydrogen-bond acceptors (Lipinski definition) is 3. The van der Waals surface area contributed by atoms with Crippen LogP contribution in [0.15, 0.2) is 42.6 Å². The van der Waals surface area contributed by atoms with Gasteiger partial charge in [0, 0.05) is 50.7 Å². The van der Waals surface area contributed by atoms with Gasteiger partial charge in [0.1, 0.15) is 11.5 Å². The lowest BCUT2D eigenvalue weighted by atomic mass is 9.98. The van der Waals surface area contributed by atoms with Crippen molar-refractivity contribution in [1.82, 2.24) is 14.4 Å². The van der Waals surface area contributed by atoms with Gasteiger partial charge in [-0.05, 0) is 53.8 Å². The Kier molecular flexibility index (Phi) is 7.63. The van der Waals surface area contributed by atoms with Crippen LogP contribution in [-0.2, 0) is 7.05 Å². The maximum absolute atomic E-state index is 14.8. The molecule has 0 saturated carbocycles. The Morgan fingerprint density at radius 1 is 1.00 bits per heavy atom. The predicted octanol–water partition coefficient (Wildman–Crippen LogP) is 3.02. The topological polar surface area (TPSA) is 140 Å². The maximum Gasteiger partial charge on any atom is 0.272 e. The van der Waals surface area contributed by atoms with Crippen LogP contribution in [0.4, 0.5) is 10.1 Å². The number of aryl methyl sites for hydroxylation is 1. The molecule has 9 nitrogen and oxygen atoms in total. The van der Waals surface area contributed by atoms with Gasteiger partial charge in [0.25, 0.3) is 5.91 Å². The lowest BCUT2D eigenvalue weighted by molar-refractivity contribution is 0.101. The second-order valence-electron chi connectivity index (χ2n) is 8.49. The van der Waals surface area contributed by atoms with Crippen LogP contribution in [0.25, 0.3) is 11.1 Å². The molecule has 0 aliphatic carbocycles. The van der Waals surface area contributed by atoms with Crippen LogP contribution < -0.4 is 16.8 Å². The summed E-state index contributed by atoms with van der Waals surface area (Å²) >= 11 is 0. The highest BCUT2D eigenvalue weighted by Gasteiger charge is 2.20. The third-order valence-corrected chi connectivity index (χ3v) is 6.28. The average molecular weight is 481 g/mol. The Morgan fingerprint density at radius 3 is 2.11 bits per heavy atom. The third-order valence-electron chi connectivity index (χ3n) is 6.28. The molecule has 0 unspecified atom stereocenters. The summed E-state index contributed by atoms with van der Waals surface area (Å²) in [5.41, 5.74) is 15.3. The number of amides is 1. The highest BCUT2D eigenvalue weighted by Crippen LogP contribution is 2.28. The van der Waals surface area contributed by atoms with E-state index in [4.69, 9.17) is 22.3 Å². The summed E-state index contributed by atoms with van der Waals surface area (Å²) in [7, 11) is 1.80. The Hall–Kier alpha value is -4.08. The molecule has 7 N–H and O–H groups in total. The number of nitrogens with one attached hydrogen (secondary N) is 3. The van der Waals surface area contributed by atoms with Gasteiger partial charge in [-0.25, -0.2) is 4.39 Å². The SMILES string of the molecule is C.Cn1cc(C2=CCN(C(=N)N)CC2)cc1C(=O)Nc1ccc(C2=CCN(C(=N)N)CC2)c(F)c1. The number of carbonyl (C=O) groups is 1. The minimum absolute atomic E-state index is 0. The molecule has 0 bridgehead atoms. The highest BCUT2D eigenvalue weighted by atomic mass is 19.1. The minimum atomic E-state index is -0.407. The quantitative estimate of drug-likeness (QED) is 0.338. The summed E-state index contributed by atoms with van der Waals surface area (Å²) in [6.07, 6.45) is 7.12. The minimum Gasteiger partial charge on any atom is -0.370 e. The molecule has 1 aromatic heterocycles. The molecule has 0 spiro atoms. The van der Waals surface area contributed by atoms with Crippen molar-refractivity contribution >= 4 is 34.7 Å². The molecule has 1 aromatic carbocycles. The van der Waals surface area contributed by atoms with Gasteiger partial charge in [0.05, 0.1) is 0 Å². The van der Waals surface area contributed by atoms with Crippen LogP contribution in [0.2, 0.25) is 0 Å². The molecule has 35 heavy (non-hydrogen) atoms. The highest BCUT2D eigenvalue weighted by molar-refractivity contribution is 6.04. The Morgan fingerprint density at radius 2 is 1.60 bits per heavy atom. The first-order valence-electron chi connectivity index (χ1n) is 11.1. The molecule has 2 aliphatic rings. The van der Waals surface area contributed by atoms with Crippen molar-refractivity contribution in [3.8, 4) is 0 Å². The van der Waals surface area contributed by atoms with Crippen LogP contribution in [0, 0.1) is 16.6 Å². The molecule has 0 radical (unpaired) electrons. The zero-order valence-corrected chi connectivity index (χ0v) is 19.1. The molecule has 0 fully saturated rings. The normalized spacial score (nSPS) is 15.6. The number of nitrogens with two attached hydrogens (primary N) is 2. The summed E-state index contributed by atoms with van der Waals surface area (Å²) in [4.78, 5) is 16.4. The first-order valence-corrected chi connectivity index (χ1v) is 11.1. The number of halogens is 1. The van der Waals surface area contributed by atoms with E-state index < -0.39 is 5.82 Å². The fourth-order valence-corrected chi connectivity index (χ4v) is 4.30. The van der Waals surface area contributed by atoms with Gasteiger partial charge < -0.3 is 31.2 Å². The van der Waals surface area contributed by atoms with E-state index in [0.717, 1.165) is 23.1 Å². The van der Waals surface area contributed by atoms with E-state index in [1.54, 1.807) is 33.5 Å². The summed E-state index contributed by atoms with van der Waals surface area (Å²) < 4.78 is 16.6. The predicted molar refractivity (Wildman–Crippen MR) is 139 cm³/mol. The number of benzene rings is 1. The Balaban J connectivity index is 0.00000342. The number of aromatic nitrogens is 1. The fraction of sp³-hybridized carbons (Fsp3) is 0.320. The Labute approximate surface area is 204 Å². The van der Waals surface area contributed by atoms with Crippen LogP contribution in [0.3, 0.4) is 0 Å². The number of carbonyl (C=O) groups excluding carboxylic acids is 1. The smallest absolute Gasteiger partial charge is 0.272 e.